The van der Waals surface area contributed by atoms with Gasteiger partial charge in [-0.05, 0) is 28.5 Å². The van der Waals surface area contributed by atoms with Gasteiger partial charge >= 0.3 is 0 Å². The van der Waals surface area contributed by atoms with Gasteiger partial charge in [0.2, 0.25) is 0 Å². The normalized spacial score (nSPS) is 14.2. The summed E-state index contributed by atoms with van der Waals surface area (Å²) in [4.78, 5) is 0. The molecule has 2 aromatic carbocycles. The molecule has 0 saturated carbocycles. The molecule has 0 spiro atoms. The SMILES string of the molecule is OCC1=Cc2c(ccc3ccccc23)OC1. The Kier molecular flexibility index (Phi) is 2.15. The highest BCUT2D eigenvalue weighted by atomic mass is 16.5. The quantitative estimate of drug-likeness (QED) is 0.787. The van der Waals surface area contributed by atoms with Crippen molar-refractivity contribution in [3.05, 3.63) is 47.5 Å². The van der Waals surface area contributed by atoms with Crippen LogP contribution in [0.1, 0.15) is 5.56 Å². The van der Waals surface area contributed by atoms with Crippen molar-refractivity contribution in [3.63, 3.8) is 0 Å². The topological polar surface area (TPSA) is 29.5 Å². The van der Waals surface area contributed by atoms with Crippen molar-refractivity contribution in [2.24, 2.45) is 0 Å². The molecular weight excluding hydrogens is 200 g/mol. The zero-order valence-electron chi connectivity index (χ0n) is 8.81. The van der Waals surface area contributed by atoms with Crippen LogP contribution in [0.25, 0.3) is 16.8 Å². The summed E-state index contributed by atoms with van der Waals surface area (Å²) in [6.45, 7) is 0.546. The molecule has 0 atom stereocenters. The highest BCUT2D eigenvalue weighted by molar-refractivity contribution is 5.93. The number of ether oxygens (including phenoxy) is 1. The van der Waals surface area contributed by atoms with Gasteiger partial charge in [0.25, 0.3) is 0 Å². The fourth-order valence-electron chi connectivity index (χ4n) is 2.06. The van der Waals surface area contributed by atoms with Crippen LogP contribution in [0.2, 0.25) is 0 Å². The van der Waals surface area contributed by atoms with Crippen LogP contribution in [-0.2, 0) is 0 Å². The second-order valence-corrected chi connectivity index (χ2v) is 3.95. The van der Waals surface area contributed by atoms with Crippen LogP contribution in [0.3, 0.4) is 0 Å². The molecule has 0 amide bonds. The molecule has 16 heavy (non-hydrogen) atoms. The summed E-state index contributed by atoms with van der Waals surface area (Å²) in [5.74, 6) is 0.899. The van der Waals surface area contributed by atoms with Crippen LogP contribution >= 0.6 is 0 Å². The third kappa shape index (κ3) is 1.39. The maximum atomic E-state index is 9.14. The first-order chi connectivity index (χ1) is 7.88. The molecule has 2 aromatic rings. The fourth-order valence-corrected chi connectivity index (χ4v) is 2.06. The molecule has 1 aliphatic heterocycles. The van der Waals surface area contributed by atoms with E-state index in [0.717, 1.165) is 16.9 Å². The van der Waals surface area contributed by atoms with E-state index < -0.39 is 0 Å². The summed E-state index contributed by atoms with van der Waals surface area (Å²) >= 11 is 0. The lowest BCUT2D eigenvalue weighted by atomic mass is 10.00. The number of rotatable bonds is 1. The highest BCUT2D eigenvalue weighted by Crippen LogP contribution is 2.32. The highest BCUT2D eigenvalue weighted by Gasteiger charge is 2.13. The molecule has 0 bridgehead atoms. The molecule has 1 heterocycles. The monoisotopic (exact) mass is 212 g/mol. The number of benzene rings is 2. The molecule has 0 aromatic heterocycles. The van der Waals surface area contributed by atoms with Gasteiger partial charge < -0.3 is 9.84 Å². The second kappa shape index (κ2) is 3.65. The Morgan fingerprint density at radius 3 is 2.88 bits per heavy atom. The van der Waals surface area contributed by atoms with Gasteiger partial charge in [-0.25, -0.2) is 0 Å². The van der Waals surface area contributed by atoms with Gasteiger partial charge in [-0.15, -0.1) is 0 Å². The average molecular weight is 212 g/mol. The van der Waals surface area contributed by atoms with Crippen molar-refractivity contribution in [3.8, 4) is 5.75 Å². The van der Waals surface area contributed by atoms with E-state index >= 15 is 0 Å². The van der Waals surface area contributed by atoms with E-state index in [4.69, 9.17) is 9.84 Å². The van der Waals surface area contributed by atoms with Crippen molar-refractivity contribution >= 4 is 16.8 Å². The summed E-state index contributed by atoms with van der Waals surface area (Å²) in [5, 5.41) is 11.5. The van der Waals surface area contributed by atoms with E-state index in [-0.39, 0.29) is 6.61 Å². The molecule has 0 unspecified atom stereocenters. The number of hydrogen-bond donors (Lipinski definition) is 1. The number of hydrogen-bond acceptors (Lipinski definition) is 2. The minimum Gasteiger partial charge on any atom is -0.489 e. The number of fused-ring (bicyclic) bond motifs is 3. The van der Waals surface area contributed by atoms with Crippen molar-refractivity contribution in [2.75, 3.05) is 13.2 Å². The molecule has 0 aliphatic carbocycles. The summed E-state index contributed by atoms with van der Waals surface area (Å²) in [5.41, 5.74) is 2.00. The first-order valence-electron chi connectivity index (χ1n) is 5.33. The van der Waals surface area contributed by atoms with Gasteiger partial charge in [0.1, 0.15) is 12.4 Å². The number of aliphatic hydroxyl groups is 1. The van der Waals surface area contributed by atoms with E-state index in [1.807, 2.05) is 24.3 Å². The lowest BCUT2D eigenvalue weighted by Crippen LogP contribution is -2.09. The van der Waals surface area contributed by atoms with Crippen LogP contribution < -0.4 is 4.74 Å². The molecule has 0 saturated heterocycles. The van der Waals surface area contributed by atoms with Crippen LogP contribution in [0.15, 0.2) is 42.0 Å². The Hall–Kier alpha value is -1.80. The van der Waals surface area contributed by atoms with E-state index in [2.05, 4.69) is 18.2 Å². The third-order valence-electron chi connectivity index (χ3n) is 2.90. The predicted octanol–water partition coefficient (Wildman–Crippen LogP) is 2.61. The lowest BCUT2D eigenvalue weighted by molar-refractivity contribution is 0.285. The largest absolute Gasteiger partial charge is 0.489 e. The lowest BCUT2D eigenvalue weighted by Gasteiger charge is -2.18. The predicted molar refractivity (Wildman–Crippen MR) is 64.5 cm³/mol. The first kappa shape index (κ1) is 9.43. The minimum atomic E-state index is 0.0582. The Labute approximate surface area is 93.8 Å². The van der Waals surface area contributed by atoms with Gasteiger partial charge in [-0.2, -0.15) is 0 Å². The third-order valence-corrected chi connectivity index (χ3v) is 2.90. The molecule has 1 aliphatic rings. The maximum absolute atomic E-state index is 9.14. The van der Waals surface area contributed by atoms with Crippen molar-refractivity contribution in [2.45, 2.75) is 0 Å². The van der Waals surface area contributed by atoms with Gasteiger partial charge in [0.05, 0.1) is 6.61 Å². The van der Waals surface area contributed by atoms with Gasteiger partial charge in [-0.1, -0.05) is 30.3 Å². The number of aliphatic hydroxyl groups excluding tert-OH is 1. The van der Waals surface area contributed by atoms with Gasteiger partial charge in [0.15, 0.2) is 0 Å². The Balaban J connectivity index is 2.30. The average Bonchev–Trinajstić information content (AvgIpc) is 2.38. The Morgan fingerprint density at radius 1 is 1.12 bits per heavy atom. The van der Waals surface area contributed by atoms with E-state index in [1.54, 1.807) is 0 Å². The molecule has 2 nitrogen and oxygen atoms in total. The van der Waals surface area contributed by atoms with Crippen molar-refractivity contribution < 1.29 is 9.84 Å². The van der Waals surface area contributed by atoms with Crippen LogP contribution in [0.5, 0.6) is 5.75 Å². The minimum absolute atomic E-state index is 0.0582. The molecule has 80 valence electrons. The molecular formula is C14H12O2. The molecule has 1 N–H and O–H groups in total. The van der Waals surface area contributed by atoms with Crippen molar-refractivity contribution in [1.82, 2.24) is 0 Å². The summed E-state index contributed by atoms with van der Waals surface area (Å²) < 4.78 is 5.61. The molecule has 0 radical (unpaired) electrons. The van der Waals surface area contributed by atoms with Crippen molar-refractivity contribution in [1.29, 1.82) is 0 Å². The molecule has 2 heteroatoms. The Morgan fingerprint density at radius 2 is 2.00 bits per heavy atom. The standard InChI is InChI=1S/C14H12O2/c15-8-10-7-13-12-4-2-1-3-11(12)5-6-14(13)16-9-10/h1-7,15H,8-9H2. The summed E-state index contributed by atoms with van der Waals surface area (Å²) in [7, 11) is 0. The maximum Gasteiger partial charge on any atom is 0.127 e. The molecule has 0 fully saturated rings. The second-order valence-electron chi connectivity index (χ2n) is 3.95. The summed E-state index contributed by atoms with van der Waals surface area (Å²) in [6.07, 6.45) is 2.03. The molecule has 3 rings (SSSR count). The first-order valence-corrected chi connectivity index (χ1v) is 5.33. The van der Waals surface area contributed by atoms with Crippen LogP contribution in [0, 0.1) is 0 Å². The van der Waals surface area contributed by atoms with Crippen LogP contribution in [0.4, 0.5) is 0 Å². The fraction of sp³-hybridized carbons (Fsp3) is 0.143. The zero-order valence-corrected chi connectivity index (χ0v) is 8.81. The van der Waals surface area contributed by atoms with E-state index in [0.29, 0.717) is 6.61 Å². The smallest absolute Gasteiger partial charge is 0.127 e. The zero-order chi connectivity index (χ0) is 11.0. The van der Waals surface area contributed by atoms with Gasteiger partial charge in [0, 0.05) is 5.56 Å². The Bertz CT molecular complexity index is 570. The van der Waals surface area contributed by atoms with E-state index in [1.165, 1.54) is 10.8 Å². The van der Waals surface area contributed by atoms with Crippen LogP contribution in [-0.4, -0.2) is 18.3 Å². The summed E-state index contributed by atoms with van der Waals surface area (Å²) in [6, 6.07) is 12.2. The van der Waals surface area contributed by atoms with Gasteiger partial charge in [-0.3, -0.25) is 0 Å². The van der Waals surface area contributed by atoms with E-state index in [9.17, 15) is 0 Å².